The lowest BCUT2D eigenvalue weighted by Crippen LogP contribution is -2.43. The molecule has 1 rings (SSSR count). The summed E-state index contributed by atoms with van der Waals surface area (Å²) in [5.74, 6) is -5.19. The summed E-state index contributed by atoms with van der Waals surface area (Å²) >= 11 is 0. The highest BCUT2D eigenvalue weighted by atomic mass is 28.3. The average Bonchev–Trinajstić information content (AvgIpc) is 1.98. The minimum Gasteiger partial charge on any atom is -0.204 e. The second-order valence-electron chi connectivity index (χ2n) is 4.09. The van der Waals surface area contributed by atoms with Gasteiger partial charge in [-0.1, -0.05) is 19.6 Å². The lowest BCUT2D eigenvalue weighted by molar-refractivity contribution is 0.462. The second-order valence-corrected chi connectivity index (χ2v) is 9.09. The van der Waals surface area contributed by atoms with Crippen molar-refractivity contribution in [1.82, 2.24) is 0 Å². The van der Waals surface area contributed by atoms with Crippen molar-refractivity contribution in [2.45, 2.75) is 19.6 Å². The molecule has 0 spiro atoms. The predicted molar refractivity (Wildman–Crippen MR) is 49.3 cm³/mol. The molecular weight excluding hydrogens is 212 g/mol. The molecule has 0 fully saturated rings. The first-order valence-corrected chi connectivity index (χ1v) is 7.58. The fraction of sp³-hybridized carbons (Fsp3) is 0.333. The lowest BCUT2D eigenvalue weighted by Gasteiger charge is -2.18. The zero-order chi connectivity index (χ0) is 11.1. The van der Waals surface area contributed by atoms with E-state index in [0.29, 0.717) is 0 Å². The molecule has 5 heteroatoms. The van der Waals surface area contributed by atoms with Crippen molar-refractivity contribution >= 4 is 13.3 Å². The van der Waals surface area contributed by atoms with E-state index in [-0.39, 0.29) is 6.07 Å². The molecule has 0 unspecified atom stereocenters. The Morgan fingerprint density at radius 1 is 0.857 bits per heavy atom. The van der Waals surface area contributed by atoms with E-state index in [9.17, 15) is 17.6 Å². The van der Waals surface area contributed by atoms with Crippen molar-refractivity contribution in [2.24, 2.45) is 0 Å². The van der Waals surface area contributed by atoms with Gasteiger partial charge in [-0.3, -0.25) is 0 Å². The molecule has 0 aliphatic rings. The Hall–Kier alpha value is -0.843. The van der Waals surface area contributed by atoms with Crippen LogP contribution >= 0.6 is 0 Å². The molecule has 0 bridgehead atoms. The number of hydrogen-bond acceptors (Lipinski definition) is 0. The van der Waals surface area contributed by atoms with Gasteiger partial charge in [-0.15, -0.1) is 0 Å². The van der Waals surface area contributed by atoms with E-state index in [1.165, 1.54) is 0 Å². The van der Waals surface area contributed by atoms with Crippen LogP contribution in [0, 0.1) is 23.3 Å². The van der Waals surface area contributed by atoms with Crippen LogP contribution in [0.4, 0.5) is 17.6 Å². The van der Waals surface area contributed by atoms with E-state index < -0.39 is 36.5 Å². The molecule has 0 atom stereocenters. The molecule has 0 heterocycles. The molecule has 0 nitrogen and oxygen atoms in total. The monoisotopic (exact) mass is 222 g/mol. The summed E-state index contributed by atoms with van der Waals surface area (Å²) in [6.07, 6.45) is 0. The summed E-state index contributed by atoms with van der Waals surface area (Å²) in [6.45, 7) is 4.86. The van der Waals surface area contributed by atoms with Gasteiger partial charge < -0.3 is 0 Å². The van der Waals surface area contributed by atoms with Gasteiger partial charge in [0.15, 0.2) is 23.3 Å². The smallest absolute Gasteiger partial charge is 0.161 e. The molecule has 0 radical (unpaired) electrons. The van der Waals surface area contributed by atoms with Crippen LogP contribution in [0.3, 0.4) is 0 Å². The molecule has 0 aliphatic heterocycles. The molecule has 0 saturated carbocycles. The van der Waals surface area contributed by atoms with Crippen LogP contribution in [0.5, 0.6) is 0 Å². The normalized spacial score (nSPS) is 11.9. The quantitative estimate of drug-likeness (QED) is 0.389. The molecule has 0 saturated heterocycles. The molecule has 0 aromatic heterocycles. The van der Waals surface area contributed by atoms with Gasteiger partial charge in [0.05, 0.1) is 8.07 Å². The number of benzene rings is 1. The Balaban J connectivity index is 3.56. The third kappa shape index (κ3) is 1.82. The summed E-state index contributed by atoms with van der Waals surface area (Å²) in [6, 6.07) is 0.230. The second kappa shape index (κ2) is 3.38. The maximum Gasteiger partial charge on any atom is 0.161 e. The van der Waals surface area contributed by atoms with E-state index in [2.05, 4.69) is 0 Å². The van der Waals surface area contributed by atoms with Crippen LogP contribution in [-0.4, -0.2) is 8.07 Å². The molecular formula is C9H10F4Si. The van der Waals surface area contributed by atoms with Crippen LogP contribution in [0.25, 0.3) is 0 Å². The Bertz CT molecular complexity index is 342. The molecule has 1 aromatic rings. The Kier molecular flexibility index (Phi) is 2.71. The molecule has 0 N–H and O–H groups in total. The van der Waals surface area contributed by atoms with Gasteiger partial charge in [-0.05, 0) is 0 Å². The standard InChI is InChI=1S/C9H10F4Si/c1-14(2,3)9-7(12)5(10)4-6(11)8(9)13/h4H,1-3H3. The first-order valence-electron chi connectivity index (χ1n) is 4.08. The van der Waals surface area contributed by atoms with Crippen LogP contribution in [0.15, 0.2) is 6.07 Å². The topological polar surface area (TPSA) is 0 Å². The van der Waals surface area contributed by atoms with E-state index in [0.717, 1.165) is 0 Å². The highest BCUT2D eigenvalue weighted by molar-refractivity contribution is 6.88. The number of rotatable bonds is 1. The zero-order valence-electron chi connectivity index (χ0n) is 8.09. The summed E-state index contributed by atoms with van der Waals surface area (Å²) in [5, 5.41) is -0.421. The molecule has 0 aliphatic carbocycles. The SMILES string of the molecule is C[Si](C)(C)c1c(F)c(F)cc(F)c1F. The van der Waals surface area contributed by atoms with Crippen molar-refractivity contribution in [3.63, 3.8) is 0 Å². The van der Waals surface area contributed by atoms with Crippen molar-refractivity contribution in [3.05, 3.63) is 29.3 Å². The lowest BCUT2D eigenvalue weighted by atomic mass is 10.3. The van der Waals surface area contributed by atoms with Gasteiger partial charge in [0, 0.05) is 11.3 Å². The number of hydrogen-bond donors (Lipinski definition) is 0. The zero-order valence-corrected chi connectivity index (χ0v) is 9.09. The highest BCUT2D eigenvalue weighted by Gasteiger charge is 2.29. The fourth-order valence-electron chi connectivity index (χ4n) is 1.23. The Labute approximate surface area is 80.6 Å². The first kappa shape index (κ1) is 11.2. The molecule has 0 amide bonds. The fourth-order valence-corrected chi connectivity index (χ4v) is 2.79. The van der Waals surface area contributed by atoms with Crippen LogP contribution < -0.4 is 5.19 Å². The predicted octanol–water partition coefficient (Wildman–Crippen LogP) is 2.79. The highest BCUT2D eigenvalue weighted by Crippen LogP contribution is 2.15. The largest absolute Gasteiger partial charge is 0.204 e. The van der Waals surface area contributed by atoms with Crippen LogP contribution in [0.1, 0.15) is 0 Å². The summed E-state index contributed by atoms with van der Waals surface area (Å²) < 4.78 is 52.0. The van der Waals surface area contributed by atoms with Crippen LogP contribution in [-0.2, 0) is 0 Å². The van der Waals surface area contributed by atoms with Crippen molar-refractivity contribution in [3.8, 4) is 0 Å². The minimum absolute atomic E-state index is 0.230. The third-order valence-electron chi connectivity index (χ3n) is 1.86. The van der Waals surface area contributed by atoms with Gasteiger partial charge >= 0.3 is 0 Å². The van der Waals surface area contributed by atoms with E-state index in [1.807, 2.05) is 0 Å². The van der Waals surface area contributed by atoms with Gasteiger partial charge in [-0.25, -0.2) is 17.6 Å². The van der Waals surface area contributed by atoms with Gasteiger partial charge in [0.2, 0.25) is 0 Å². The maximum atomic E-state index is 13.2. The van der Waals surface area contributed by atoms with Gasteiger partial charge in [0.1, 0.15) is 0 Å². The third-order valence-corrected chi connectivity index (χ3v) is 3.80. The molecule has 78 valence electrons. The van der Waals surface area contributed by atoms with Crippen molar-refractivity contribution < 1.29 is 17.6 Å². The molecule has 1 aromatic carbocycles. The summed E-state index contributed by atoms with van der Waals surface area (Å²) in [7, 11) is -2.42. The summed E-state index contributed by atoms with van der Waals surface area (Å²) in [4.78, 5) is 0. The minimum atomic E-state index is -2.42. The average molecular weight is 222 g/mol. The number of halogens is 4. The summed E-state index contributed by atoms with van der Waals surface area (Å²) in [5.41, 5.74) is 0. The van der Waals surface area contributed by atoms with Gasteiger partial charge in [0.25, 0.3) is 0 Å². The Morgan fingerprint density at radius 3 is 1.50 bits per heavy atom. The van der Waals surface area contributed by atoms with Crippen LogP contribution in [0.2, 0.25) is 19.6 Å². The van der Waals surface area contributed by atoms with E-state index in [1.54, 1.807) is 19.6 Å². The molecule has 14 heavy (non-hydrogen) atoms. The van der Waals surface area contributed by atoms with E-state index in [4.69, 9.17) is 0 Å². The van der Waals surface area contributed by atoms with Crippen molar-refractivity contribution in [1.29, 1.82) is 0 Å². The maximum absolute atomic E-state index is 13.2. The Morgan fingerprint density at radius 2 is 1.21 bits per heavy atom. The van der Waals surface area contributed by atoms with Crippen molar-refractivity contribution in [2.75, 3.05) is 0 Å². The van der Waals surface area contributed by atoms with E-state index >= 15 is 0 Å². The first-order chi connectivity index (χ1) is 6.25. The van der Waals surface area contributed by atoms with Gasteiger partial charge in [-0.2, -0.15) is 0 Å².